The van der Waals surface area contributed by atoms with Crippen LogP contribution in [-0.2, 0) is 23.7 Å². The number of nitrogens with zero attached hydrogens (tertiary/aromatic N) is 2. The Morgan fingerprint density at radius 1 is 0.829 bits per heavy atom. The summed E-state index contributed by atoms with van der Waals surface area (Å²) in [6.45, 7) is 4.74. The van der Waals surface area contributed by atoms with E-state index in [1.807, 2.05) is 0 Å². The van der Waals surface area contributed by atoms with Gasteiger partial charge in [-0.3, -0.25) is 25.0 Å². The van der Waals surface area contributed by atoms with Crippen molar-refractivity contribution in [2.75, 3.05) is 58.1 Å². The first-order valence-electron chi connectivity index (χ1n) is 12.0. The molecule has 0 saturated heterocycles. The summed E-state index contributed by atoms with van der Waals surface area (Å²) in [4.78, 5) is 32.1. The van der Waals surface area contributed by atoms with Crippen LogP contribution in [0.5, 0.6) is 0 Å². The van der Waals surface area contributed by atoms with E-state index in [9.17, 15) is 25.0 Å². The molecular weight excluding hydrogens is 462 g/mol. The molecule has 0 aliphatic carbocycles. The molecule has 0 atom stereocenters. The minimum Gasteiger partial charge on any atom is -0.463 e. The molecule has 35 heavy (non-hydrogen) atoms. The number of nitrogens with one attached hydrogen (secondary N) is 1. The molecule has 0 bridgehead atoms. The number of non-ortho nitro benzene ring substituents is 1. The number of benzene rings is 1. The number of ether oxygens (including phenoxy) is 4. The molecule has 0 unspecified atom stereocenters. The highest BCUT2D eigenvalue weighted by atomic mass is 16.6. The Labute approximate surface area is 205 Å². The molecule has 0 saturated carbocycles. The fourth-order valence-electron chi connectivity index (χ4n) is 3.07. The van der Waals surface area contributed by atoms with Crippen LogP contribution < -0.4 is 5.32 Å². The molecule has 1 aromatic rings. The van der Waals surface area contributed by atoms with Gasteiger partial charge in [0.1, 0.15) is 12.3 Å². The van der Waals surface area contributed by atoms with Crippen molar-refractivity contribution >= 4 is 23.0 Å². The number of esters is 1. The number of carbonyl (C=O) groups is 1. The van der Waals surface area contributed by atoms with Crippen molar-refractivity contribution in [1.29, 1.82) is 0 Å². The van der Waals surface area contributed by atoms with E-state index in [2.05, 4.69) is 12.2 Å². The zero-order valence-corrected chi connectivity index (χ0v) is 20.4. The molecule has 1 rings (SSSR count). The molecule has 0 aromatic heterocycles. The van der Waals surface area contributed by atoms with Gasteiger partial charge in [-0.1, -0.05) is 39.0 Å². The van der Waals surface area contributed by atoms with E-state index in [0.29, 0.717) is 46.0 Å². The quantitative estimate of drug-likeness (QED) is 0.106. The molecular formula is C23H37N3O9. The molecule has 0 fully saturated rings. The van der Waals surface area contributed by atoms with Gasteiger partial charge < -0.3 is 24.3 Å². The number of unbranched alkanes of at least 4 members (excludes halogenated alkanes) is 5. The Morgan fingerprint density at radius 3 is 2.06 bits per heavy atom. The fourth-order valence-corrected chi connectivity index (χ4v) is 3.07. The van der Waals surface area contributed by atoms with E-state index < -0.39 is 9.85 Å². The third-order valence-corrected chi connectivity index (χ3v) is 4.92. The Hall–Kier alpha value is -2.83. The maximum atomic E-state index is 11.6. The van der Waals surface area contributed by atoms with Crippen LogP contribution in [0.15, 0.2) is 18.2 Å². The number of nitro groups is 2. The van der Waals surface area contributed by atoms with Gasteiger partial charge in [-0.25, -0.2) is 0 Å². The van der Waals surface area contributed by atoms with Crippen LogP contribution in [0.4, 0.5) is 17.1 Å². The normalized spacial score (nSPS) is 10.8. The molecule has 1 N–H and O–H groups in total. The lowest BCUT2D eigenvalue weighted by molar-refractivity contribution is -0.393. The predicted molar refractivity (Wildman–Crippen MR) is 130 cm³/mol. The number of anilines is 1. The van der Waals surface area contributed by atoms with E-state index in [4.69, 9.17) is 18.9 Å². The zero-order chi connectivity index (χ0) is 25.7. The van der Waals surface area contributed by atoms with Gasteiger partial charge in [-0.2, -0.15) is 0 Å². The maximum absolute atomic E-state index is 11.6. The molecule has 0 aliphatic heterocycles. The maximum Gasteiger partial charge on any atom is 0.305 e. The minimum atomic E-state index is -0.683. The Kier molecular flexibility index (Phi) is 16.8. The van der Waals surface area contributed by atoms with Crippen LogP contribution in [-0.4, -0.2) is 68.6 Å². The lowest BCUT2D eigenvalue weighted by Gasteiger charge is -2.09. The highest BCUT2D eigenvalue weighted by molar-refractivity contribution is 5.69. The van der Waals surface area contributed by atoms with Crippen LogP contribution in [0.25, 0.3) is 0 Å². The van der Waals surface area contributed by atoms with Crippen LogP contribution in [0.2, 0.25) is 0 Å². The number of carbonyl (C=O) groups excluding carboxylic acids is 1. The summed E-state index contributed by atoms with van der Waals surface area (Å²) in [6.07, 6.45) is 7.23. The second-order valence-corrected chi connectivity index (χ2v) is 7.72. The molecule has 0 heterocycles. The van der Waals surface area contributed by atoms with Gasteiger partial charge in [0.15, 0.2) is 0 Å². The molecule has 0 radical (unpaired) electrons. The van der Waals surface area contributed by atoms with Crippen molar-refractivity contribution < 1.29 is 33.6 Å². The fraction of sp³-hybridized carbons (Fsp3) is 0.696. The van der Waals surface area contributed by atoms with E-state index in [1.165, 1.54) is 37.8 Å². The summed E-state index contributed by atoms with van der Waals surface area (Å²) in [5, 5.41) is 24.7. The summed E-state index contributed by atoms with van der Waals surface area (Å²) in [7, 11) is 0. The van der Waals surface area contributed by atoms with Crippen molar-refractivity contribution in [2.24, 2.45) is 0 Å². The molecule has 198 valence electrons. The van der Waals surface area contributed by atoms with Crippen molar-refractivity contribution in [1.82, 2.24) is 0 Å². The summed E-state index contributed by atoms with van der Waals surface area (Å²) in [5.41, 5.74) is -0.523. The molecule has 0 aliphatic rings. The molecule has 12 nitrogen and oxygen atoms in total. The van der Waals surface area contributed by atoms with Gasteiger partial charge in [0.25, 0.3) is 11.4 Å². The number of nitro benzene ring substituents is 2. The number of hydrogen-bond donors (Lipinski definition) is 1. The first-order chi connectivity index (χ1) is 17.0. The highest BCUT2D eigenvalue weighted by Gasteiger charge is 2.18. The second-order valence-electron chi connectivity index (χ2n) is 7.72. The van der Waals surface area contributed by atoms with E-state index in [0.717, 1.165) is 18.9 Å². The zero-order valence-electron chi connectivity index (χ0n) is 20.4. The van der Waals surface area contributed by atoms with Gasteiger partial charge >= 0.3 is 5.97 Å². The van der Waals surface area contributed by atoms with E-state index in [-0.39, 0.29) is 36.2 Å². The van der Waals surface area contributed by atoms with Gasteiger partial charge in [-0.05, 0) is 12.5 Å². The first kappa shape index (κ1) is 30.2. The average molecular weight is 500 g/mol. The number of rotatable bonds is 22. The van der Waals surface area contributed by atoms with Crippen molar-refractivity contribution in [3.63, 3.8) is 0 Å². The standard InChI is InChI=1S/C23H37N3O9/c1-2-3-4-5-6-7-8-23(27)35-18-17-34-16-15-33-14-13-32-12-11-24-21-10-9-20(25(28)29)19-22(21)26(30)31/h9-10,19,24H,2-8,11-18H2,1H3. The van der Waals surface area contributed by atoms with Gasteiger partial charge in [-0.15, -0.1) is 0 Å². The third-order valence-electron chi connectivity index (χ3n) is 4.92. The van der Waals surface area contributed by atoms with Gasteiger partial charge in [0.2, 0.25) is 0 Å². The largest absolute Gasteiger partial charge is 0.463 e. The minimum absolute atomic E-state index is 0.185. The van der Waals surface area contributed by atoms with E-state index in [1.54, 1.807) is 0 Å². The summed E-state index contributed by atoms with van der Waals surface area (Å²) < 4.78 is 21.2. The lowest BCUT2D eigenvalue weighted by atomic mass is 10.1. The number of hydrogen-bond acceptors (Lipinski definition) is 10. The molecule has 12 heteroatoms. The molecule has 0 amide bonds. The van der Waals surface area contributed by atoms with E-state index >= 15 is 0 Å². The third kappa shape index (κ3) is 14.9. The van der Waals surface area contributed by atoms with Crippen molar-refractivity contribution in [3.05, 3.63) is 38.4 Å². The van der Waals surface area contributed by atoms with Crippen LogP contribution in [0.3, 0.4) is 0 Å². The molecule has 1 aromatic carbocycles. The van der Waals surface area contributed by atoms with Crippen LogP contribution >= 0.6 is 0 Å². The van der Waals surface area contributed by atoms with Gasteiger partial charge in [0, 0.05) is 19.0 Å². The highest BCUT2D eigenvalue weighted by Crippen LogP contribution is 2.28. The lowest BCUT2D eigenvalue weighted by Crippen LogP contribution is -2.15. The summed E-state index contributed by atoms with van der Waals surface area (Å²) >= 11 is 0. The SMILES string of the molecule is CCCCCCCCC(=O)OCCOCCOCCOCCNc1ccc([N+](=O)[O-])cc1[N+](=O)[O-]. The summed E-state index contributed by atoms with van der Waals surface area (Å²) in [5.74, 6) is -0.185. The Balaban J connectivity index is 1.94. The van der Waals surface area contributed by atoms with Crippen molar-refractivity contribution in [2.45, 2.75) is 51.9 Å². The van der Waals surface area contributed by atoms with Crippen LogP contribution in [0.1, 0.15) is 51.9 Å². The van der Waals surface area contributed by atoms with Crippen molar-refractivity contribution in [3.8, 4) is 0 Å². The molecule has 0 spiro atoms. The average Bonchev–Trinajstić information content (AvgIpc) is 2.84. The first-order valence-corrected chi connectivity index (χ1v) is 12.0. The smallest absolute Gasteiger partial charge is 0.305 e. The second kappa shape index (κ2) is 19.5. The Bertz CT molecular complexity index is 762. The predicted octanol–water partition coefficient (Wildman–Crippen LogP) is 4.26. The van der Waals surface area contributed by atoms with Crippen LogP contribution in [0, 0.1) is 20.2 Å². The summed E-state index contributed by atoms with van der Waals surface area (Å²) in [6, 6.07) is 3.42. The topological polar surface area (TPSA) is 152 Å². The Morgan fingerprint density at radius 2 is 1.43 bits per heavy atom. The van der Waals surface area contributed by atoms with Gasteiger partial charge in [0.05, 0.1) is 55.6 Å². The monoisotopic (exact) mass is 499 g/mol.